The highest BCUT2D eigenvalue weighted by Crippen LogP contribution is 2.28. The van der Waals surface area contributed by atoms with Crippen LogP contribution in [0, 0.1) is 10.1 Å². The quantitative estimate of drug-likeness (QED) is 0.412. The summed E-state index contributed by atoms with van der Waals surface area (Å²) in [4.78, 5) is 30.9. The van der Waals surface area contributed by atoms with Gasteiger partial charge in [0.15, 0.2) is 0 Å². The van der Waals surface area contributed by atoms with Gasteiger partial charge in [-0.05, 0) is 19.1 Å². The summed E-state index contributed by atoms with van der Waals surface area (Å²) in [6.07, 6.45) is 3.30. The van der Waals surface area contributed by atoms with Crippen molar-refractivity contribution in [3.05, 3.63) is 51.8 Å². The van der Waals surface area contributed by atoms with E-state index in [0.29, 0.717) is 10.9 Å². The lowest BCUT2D eigenvalue weighted by Gasteiger charge is -2.11. The van der Waals surface area contributed by atoms with E-state index in [9.17, 15) is 14.9 Å². The standard InChI is InChI=1S/C14H11ClN6O3S/c1-8(25-14-18-13-16-5-2-6-20(13)19-14)12(22)17-11-7-9(21(23)24)3-4-10(11)15/h2-8H,1H3,(H,17,22). The van der Waals surface area contributed by atoms with E-state index >= 15 is 0 Å². The number of hydrogen-bond acceptors (Lipinski definition) is 7. The van der Waals surface area contributed by atoms with Crippen molar-refractivity contribution in [3.8, 4) is 0 Å². The largest absolute Gasteiger partial charge is 0.324 e. The molecule has 0 saturated heterocycles. The maximum absolute atomic E-state index is 12.3. The minimum absolute atomic E-state index is 0.159. The summed E-state index contributed by atoms with van der Waals surface area (Å²) >= 11 is 7.12. The van der Waals surface area contributed by atoms with Crippen molar-refractivity contribution < 1.29 is 9.72 Å². The monoisotopic (exact) mass is 378 g/mol. The molecule has 0 bridgehead atoms. The van der Waals surface area contributed by atoms with E-state index in [4.69, 9.17) is 11.6 Å². The smallest absolute Gasteiger partial charge is 0.271 e. The number of amides is 1. The highest BCUT2D eigenvalue weighted by Gasteiger charge is 2.19. The number of nitro benzene ring substituents is 1. The molecule has 1 amide bonds. The van der Waals surface area contributed by atoms with Crippen molar-refractivity contribution in [2.45, 2.75) is 17.3 Å². The van der Waals surface area contributed by atoms with Gasteiger partial charge < -0.3 is 5.32 Å². The molecule has 25 heavy (non-hydrogen) atoms. The lowest BCUT2D eigenvalue weighted by molar-refractivity contribution is -0.384. The first kappa shape index (κ1) is 17.1. The number of fused-ring (bicyclic) bond motifs is 1. The zero-order valence-corrected chi connectivity index (χ0v) is 14.4. The van der Waals surface area contributed by atoms with Crippen LogP contribution >= 0.6 is 23.4 Å². The number of halogens is 1. The second kappa shape index (κ2) is 7.03. The molecule has 0 aliphatic heterocycles. The number of nitrogens with one attached hydrogen (secondary N) is 1. The topological polar surface area (TPSA) is 115 Å². The lowest BCUT2D eigenvalue weighted by atomic mass is 10.2. The molecule has 3 rings (SSSR count). The van der Waals surface area contributed by atoms with E-state index in [-0.39, 0.29) is 22.3 Å². The molecular formula is C14H11ClN6O3S. The number of non-ortho nitro benzene ring substituents is 1. The zero-order valence-electron chi connectivity index (χ0n) is 12.8. The molecule has 2 heterocycles. The maximum Gasteiger partial charge on any atom is 0.271 e. The highest BCUT2D eigenvalue weighted by atomic mass is 35.5. The lowest BCUT2D eigenvalue weighted by Crippen LogP contribution is -2.22. The Morgan fingerprint density at radius 1 is 1.48 bits per heavy atom. The normalized spacial score (nSPS) is 12.1. The van der Waals surface area contributed by atoms with Gasteiger partial charge >= 0.3 is 0 Å². The van der Waals surface area contributed by atoms with Crippen LogP contribution in [-0.4, -0.2) is 35.7 Å². The summed E-state index contributed by atoms with van der Waals surface area (Å²) in [5, 5.41) is 17.7. The summed E-state index contributed by atoms with van der Waals surface area (Å²) < 4.78 is 1.50. The summed E-state index contributed by atoms with van der Waals surface area (Å²) in [6, 6.07) is 5.56. The second-order valence-corrected chi connectivity index (χ2v) is 6.64. The molecule has 0 saturated carbocycles. The molecule has 11 heteroatoms. The maximum atomic E-state index is 12.3. The fraction of sp³-hybridized carbons (Fsp3) is 0.143. The fourth-order valence-electron chi connectivity index (χ4n) is 1.93. The predicted octanol–water partition coefficient (Wildman–Crippen LogP) is 2.81. The third-order valence-corrected chi connectivity index (χ3v) is 4.45. The average Bonchev–Trinajstić information content (AvgIpc) is 2.98. The number of carbonyl (C=O) groups excluding carboxylic acids is 1. The number of anilines is 1. The molecule has 128 valence electrons. The average molecular weight is 379 g/mol. The van der Waals surface area contributed by atoms with Crippen molar-refractivity contribution in [3.63, 3.8) is 0 Å². The first-order chi connectivity index (χ1) is 11.9. The number of aromatic nitrogens is 4. The molecule has 9 nitrogen and oxygen atoms in total. The fourth-order valence-corrected chi connectivity index (χ4v) is 2.85. The molecule has 1 atom stereocenters. The highest BCUT2D eigenvalue weighted by molar-refractivity contribution is 8.00. The number of hydrogen-bond donors (Lipinski definition) is 1. The van der Waals surface area contributed by atoms with Crippen LogP contribution in [-0.2, 0) is 4.79 Å². The van der Waals surface area contributed by atoms with Crippen LogP contribution in [0.4, 0.5) is 11.4 Å². The number of nitro groups is 1. The van der Waals surface area contributed by atoms with Crippen LogP contribution in [0.3, 0.4) is 0 Å². The van der Waals surface area contributed by atoms with E-state index in [1.54, 1.807) is 25.4 Å². The van der Waals surface area contributed by atoms with E-state index < -0.39 is 10.2 Å². The minimum Gasteiger partial charge on any atom is -0.324 e. The van der Waals surface area contributed by atoms with Gasteiger partial charge in [-0.25, -0.2) is 9.50 Å². The Kier molecular flexibility index (Phi) is 4.81. The molecule has 0 aliphatic rings. The van der Waals surface area contributed by atoms with Crippen LogP contribution in [0.25, 0.3) is 5.78 Å². The van der Waals surface area contributed by atoms with Crippen molar-refractivity contribution >= 4 is 46.4 Å². The van der Waals surface area contributed by atoms with Crippen LogP contribution in [0.15, 0.2) is 41.8 Å². The molecule has 0 spiro atoms. The zero-order chi connectivity index (χ0) is 18.0. The van der Waals surface area contributed by atoms with E-state index in [2.05, 4.69) is 20.4 Å². The number of thioether (sulfide) groups is 1. The third kappa shape index (κ3) is 3.86. The molecule has 2 aromatic heterocycles. The van der Waals surface area contributed by atoms with Gasteiger partial charge in [0.1, 0.15) is 0 Å². The second-order valence-electron chi connectivity index (χ2n) is 4.93. The molecule has 0 radical (unpaired) electrons. The number of benzene rings is 1. The molecule has 1 N–H and O–H groups in total. The number of nitrogens with zero attached hydrogens (tertiary/aromatic N) is 5. The van der Waals surface area contributed by atoms with Crippen molar-refractivity contribution in [2.75, 3.05) is 5.32 Å². The third-order valence-electron chi connectivity index (χ3n) is 3.17. The Balaban J connectivity index is 1.72. The summed E-state index contributed by atoms with van der Waals surface area (Å²) in [5.41, 5.74) is 0.0195. The summed E-state index contributed by atoms with van der Waals surface area (Å²) in [7, 11) is 0. The summed E-state index contributed by atoms with van der Waals surface area (Å²) in [6.45, 7) is 1.67. The molecular weight excluding hydrogens is 368 g/mol. The van der Waals surface area contributed by atoms with Crippen molar-refractivity contribution in [2.24, 2.45) is 0 Å². The van der Waals surface area contributed by atoms with Gasteiger partial charge in [0, 0.05) is 24.5 Å². The van der Waals surface area contributed by atoms with Gasteiger partial charge in [0.05, 0.1) is 20.9 Å². The van der Waals surface area contributed by atoms with Crippen molar-refractivity contribution in [1.29, 1.82) is 0 Å². The van der Waals surface area contributed by atoms with Crippen LogP contribution < -0.4 is 5.32 Å². The first-order valence-electron chi connectivity index (χ1n) is 7.03. The van der Waals surface area contributed by atoms with E-state index in [1.807, 2.05) is 0 Å². The SMILES string of the molecule is CC(Sc1nc2ncccn2n1)C(=O)Nc1cc([N+](=O)[O-])ccc1Cl. The van der Waals surface area contributed by atoms with Gasteiger partial charge in [0.2, 0.25) is 11.1 Å². The molecule has 0 aliphatic carbocycles. The van der Waals surface area contributed by atoms with Crippen LogP contribution in [0.2, 0.25) is 5.02 Å². The Morgan fingerprint density at radius 2 is 2.28 bits per heavy atom. The van der Waals surface area contributed by atoms with Crippen LogP contribution in [0.5, 0.6) is 0 Å². The summed E-state index contributed by atoms with van der Waals surface area (Å²) in [5.74, 6) is 0.0542. The van der Waals surface area contributed by atoms with Gasteiger partial charge in [0.25, 0.3) is 11.5 Å². The minimum atomic E-state index is -0.558. The van der Waals surface area contributed by atoms with Gasteiger partial charge in [-0.2, -0.15) is 4.98 Å². The van der Waals surface area contributed by atoms with E-state index in [1.165, 1.54) is 22.7 Å². The molecule has 3 aromatic rings. The number of carbonyl (C=O) groups is 1. The predicted molar refractivity (Wildman–Crippen MR) is 92.8 cm³/mol. The Morgan fingerprint density at radius 3 is 3.00 bits per heavy atom. The Labute approximate surface area is 150 Å². The molecule has 1 unspecified atom stereocenters. The molecule has 1 aromatic carbocycles. The Hall–Kier alpha value is -2.72. The van der Waals surface area contributed by atoms with Crippen molar-refractivity contribution in [1.82, 2.24) is 19.6 Å². The van der Waals surface area contributed by atoms with Crippen LogP contribution in [0.1, 0.15) is 6.92 Å². The van der Waals surface area contributed by atoms with Gasteiger partial charge in [-0.15, -0.1) is 5.10 Å². The molecule has 0 fully saturated rings. The Bertz CT molecular complexity index is 930. The number of rotatable bonds is 5. The first-order valence-corrected chi connectivity index (χ1v) is 8.28. The van der Waals surface area contributed by atoms with Gasteiger partial charge in [-0.1, -0.05) is 23.4 Å². The van der Waals surface area contributed by atoms with E-state index in [0.717, 1.165) is 11.8 Å². The van der Waals surface area contributed by atoms with Gasteiger partial charge in [-0.3, -0.25) is 14.9 Å².